The Hall–Kier alpha value is -2.69. The van der Waals surface area contributed by atoms with Gasteiger partial charge in [0, 0.05) is 15.1 Å². The Balaban J connectivity index is 1.42. The zero-order valence-electron chi connectivity index (χ0n) is 14.6. The van der Waals surface area contributed by atoms with Crippen LogP contribution in [0.3, 0.4) is 0 Å². The molecule has 2 aromatic heterocycles. The van der Waals surface area contributed by atoms with Crippen molar-refractivity contribution in [1.82, 2.24) is 25.0 Å². The van der Waals surface area contributed by atoms with Gasteiger partial charge < -0.3 is 9.73 Å². The Labute approximate surface area is 182 Å². The molecule has 2 heterocycles. The third-order valence-corrected chi connectivity index (χ3v) is 5.25. The fourth-order valence-electron chi connectivity index (χ4n) is 2.46. The lowest BCUT2D eigenvalue weighted by Gasteiger charge is -2.10. The molecule has 4 rings (SSSR count). The van der Waals surface area contributed by atoms with Gasteiger partial charge >= 0.3 is 0 Å². The molecule has 0 bridgehead atoms. The maximum Gasteiger partial charge on any atom is 0.277 e. The molecule has 0 saturated heterocycles. The number of nitrogens with one attached hydrogen (secondary N) is 1. The number of thioether (sulfide) groups is 1. The number of amides is 1. The molecule has 0 aliphatic rings. The molecule has 0 fully saturated rings. The molecule has 11 heteroatoms. The minimum absolute atomic E-state index is 0.0867. The summed E-state index contributed by atoms with van der Waals surface area (Å²) < 4.78 is 8.08. The van der Waals surface area contributed by atoms with Gasteiger partial charge in [0.15, 0.2) is 0 Å². The first-order valence-corrected chi connectivity index (χ1v) is 10.4. The average molecular weight is 492 g/mol. The second-order valence-electron chi connectivity index (χ2n) is 5.72. The number of hydrogen-bond donors (Lipinski definition) is 1. The van der Waals surface area contributed by atoms with E-state index in [-0.39, 0.29) is 11.7 Å². The maximum atomic E-state index is 12.4. The van der Waals surface area contributed by atoms with Crippen LogP contribution in [-0.2, 0) is 4.79 Å². The maximum absolute atomic E-state index is 12.4. The predicted molar refractivity (Wildman–Crippen MR) is 113 cm³/mol. The van der Waals surface area contributed by atoms with E-state index in [0.717, 1.165) is 21.8 Å². The fraction of sp³-hybridized carbons (Fsp3) is 0.0556. The summed E-state index contributed by atoms with van der Waals surface area (Å²) >= 11 is 10.6. The molecule has 4 aromatic rings. The van der Waals surface area contributed by atoms with Crippen LogP contribution in [0.2, 0.25) is 5.02 Å². The Morgan fingerprint density at radius 1 is 1.24 bits per heavy atom. The standard InChI is InChI=1S/C18H12BrClN6O2S/c19-12-3-1-2-11(6-12)17-24-25-18(28-17)29-8-16(27)23-14-7-13(20)4-5-15(14)26-10-21-9-22-26/h1-7,9-10H,8H2,(H,23,27). The molecule has 8 nitrogen and oxygen atoms in total. The second-order valence-corrected chi connectivity index (χ2v) is 8.00. The number of nitrogens with zero attached hydrogens (tertiary/aromatic N) is 5. The van der Waals surface area contributed by atoms with Crippen molar-refractivity contribution in [3.8, 4) is 17.1 Å². The van der Waals surface area contributed by atoms with E-state index in [4.69, 9.17) is 16.0 Å². The third-order valence-electron chi connectivity index (χ3n) is 3.70. The van der Waals surface area contributed by atoms with E-state index >= 15 is 0 Å². The molecule has 146 valence electrons. The van der Waals surface area contributed by atoms with Gasteiger partial charge in [0.1, 0.15) is 12.7 Å². The topological polar surface area (TPSA) is 98.7 Å². The van der Waals surface area contributed by atoms with Gasteiger partial charge in [-0.3, -0.25) is 4.79 Å². The van der Waals surface area contributed by atoms with E-state index in [2.05, 4.69) is 41.5 Å². The fourth-order valence-corrected chi connectivity index (χ4v) is 3.60. The molecule has 0 saturated carbocycles. The molecule has 0 aliphatic carbocycles. The number of carbonyl (C=O) groups excluding carboxylic acids is 1. The number of carbonyl (C=O) groups is 1. The average Bonchev–Trinajstić information content (AvgIpc) is 3.39. The summed E-state index contributed by atoms with van der Waals surface area (Å²) in [6.45, 7) is 0. The highest BCUT2D eigenvalue weighted by Gasteiger charge is 2.14. The Morgan fingerprint density at radius 3 is 2.93 bits per heavy atom. The van der Waals surface area contributed by atoms with Crippen molar-refractivity contribution in [2.24, 2.45) is 0 Å². The van der Waals surface area contributed by atoms with Gasteiger partial charge in [0.2, 0.25) is 11.8 Å². The van der Waals surface area contributed by atoms with E-state index in [0.29, 0.717) is 27.5 Å². The highest BCUT2D eigenvalue weighted by Crippen LogP contribution is 2.27. The molecule has 2 aromatic carbocycles. The first kappa shape index (κ1) is 19.6. The van der Waals surface area contributed by atoms with Gasteiger partial charge in [0.25, 0.3) is 5.22 Å². The summed E-state index contributed by atoms with van der Waals surface area (Å²) in [5.74, 6) is 0.224. The molecule has 0 atom stereocenters. The first-order valence-electron chi connectivity index (χ1n) is 8.25. The molecule has 0 aliphatic heterocycles. The molecule has 1 amide bonds. The number of anilines is 1. The number of aromatic nitrogens is 5. The van der Waals surface area contributed by atoms with E-state index in [1.54, 1.807) is 22.9 Å². The zero-order valence-corrected chi connectivity index (χ0v) is 17.8. The number of rotatable bonds is 6. The quantitative estimate of drug-likeness (QED) is 0.397. The summed E-state index contributed by atoms with van der Waals surface area (Å²) in [5.41, 5.74) is 1.97. The van der Waals surface area contributed by atoms with Crippen molar-refractivity contribution in [2.75, 3.05) is 11.1 Å². The lowest BCUT2D eigenvalue weighted by molar-refractivity contribution is -0.113. The number of halogens is 2. The minimum atomic E-state index is -0.249. The van der Waals surface area contributed by atoms with Gasteiger partial charge in [-0.1, -0.05) is 45.4 Å². The van der Waals surface area contributed by atoms with E-state index < -0.39 is 0 Å². The summed E-state index contributed by atoms with van der Waals surface area (Å²) in [6, 6.07) is 12.6. The summed E-state index contributed by atoms with van der Waals surface area (Å²) in [7, 11) is 0. The van der Waals surface area contributed by atoms with Crippen molar-refractivity contribution in [1.29, 1.82) is 0 Å². The summed E-state index contributed by atoms with van der Waals surface area (Å²) in [5, 5.41) is 15.7. The molecule has 29 heavy (non-hydrogen) atoms. The van der Waals surface area contributed by atoms with Crippen LogP contribution in [0.4, 0.5) is 5.69 Å². The van der Waals surface area contributed by atoms with Crippen LogP contribution < -0.4 is 5.32 Å². The van der Waals surface area contributed by atoms with Crippen LogP contribution in [0.25, 0.3) is 17.1 Å². The van der Waals surface area contributed by atoms with Crippen LogP contribution >= 0.6 is 39.3 Å². The predicted octanol–water partition coefficient (Wildman–Crippen LogP) is 4.46. The van der Waals surface area contributed by atoms with Crippen molar-refractivity contribution in [3.05, 3.63) is 64.6 Å². The Morgan fingerprint density at radius 2 is 2.14 bits per heavy atom. The van der Waals surface area contributed by atoms with Gasteiger partial charge in [-0.15, -0.1) is 10.2 Å². The zero-order chi connectivity index (χ0) is 20.2. The van der Waals surface area contributed by atoms with Gasteiger partial charge in [-0.05, 0) is 36.4 Å². The summed E-state index contributed by atoms with van der Waals surface area (Å²) in [6.07, 6.45) is 2.95. The van der Waals surface area contributed by atoms with Gasteiger partial charge in [0.05, 0.1) is 17.1 Å². The minimum Gasteiger partial charge on any atom is -0.411 e. The molecular weight excluding hydrogens is 480 g/mol. The van der Waals surface area contributed by atoms with Crippen LogP contribution in [0.5, 0.6) is 0 Å². The number of benzene rings is 2. The summed E-state index contributed by atoms with van der Waals surface area (Å²) in [4.78, 5) is 16.3. The van der Waals surface area contributed by atoms with Gasteiger partial charge in [-0.2, -0.15) is 5.10 Å². The van der Waals surface area contributed by atoms with Gasteiger partial charge in [-0.25, -0.2) is 9.67 Å². The van der Waals surface area contributed by atoms with Crippen LogP contribution in [0, 0.1) is 0 Å². The largest absolute Gasteiger partial charge is 0.411 e. The molecular formula is C18H12BrClN6O2S. The smallest absolute Gasteiger partial charge is 0.277 e. The number of hydrogen-bond acceptors (Lipinski definition) is 7. The highest BCUT2D eigenvalue weighted by atomic mass is 79.9. The van der Waals surface area contributed by atoms with E-state index in [9.17, 15) is 4.79 Å². The first-order chi connectivity index (χ1) is 14.1. The van der Waals surface area contributed by atoms with E-state index in [1.165, 1.54) is 12.7 Å². The van der Waals surface area contributed by atoms with Crippen molar-refractivity contribution in [2.45, 2.75) is 5.22 Å². The molecule has 1 N–H and O–H groups in total. The lowest BCUT2D eigenvalue weighted by atomic mass is 10.2. The molecule has 0 spiro atoms. The van der Waals surface area contributed by atoms with Crippen molar-refractivity contribution >= 4 is 50.9 Å². The van der Waals surface area contributed by atoms with Crippen molar-refractivity contribution in [3.63, 3.8) is 0 Å². The molecule has 0 unspecified atom stereocenters. The lowest BCUT2D eigenvalue weighted by Crippen LogP contribution is -2.16. The normalized spacial score (nSPS) is 10.8. The third kappa shape index (κ3) is 4.84. The van der Waals surface area contributed by atoms with Crippen molar-refractivity contribution < 1.29 is 9.21 Å². The highest BCUT2D eigenvalue weighted by molar-refractivity contribution is 9.10. The monoisotopic (exact) mass is 490 g/mol. The molecule has 0 radical (unpaired) electrons. The SMILES string of the molecule is O=C(CSc1nnc(-c2cccc(Br)c2)o1)Nc1cc(Cl)ccc1-n1cncn1. The Bertz CT molecular complexity index is 1150. The van der Waals surface area contributed by atoms with Crippen LogP contribution in [0.1, 0.15) is 0 Å². The second kappa shape index (κ2) is 8.76. The van der Waals surface area contributed by atoms with Crippen LogP contribution in [-0.4, -0.2) is 36.6 Å². The van der Waals surface area contributed by atoms with Crippen LogP contribution in [0.15, 0.2) is 69.2 Å². The Kier molecular flexibility index (Phi) is 5.93. The van der Waals surface area contributed by atoms with E-state index in [1.807, 2.05) is 24.3 Å².